The van der Waals surface area contributed by atoms with Crippen LogP contribution in [-0.4, -0.2) is 27.3 Å². The minimum absolute atomic E-state index is 0.0526. The lowest BCUT2D eigenvalue weighted by Gasteiger charge is -2.14. The van der Waals surface area contributed by atoms with E-state index in [-0.39, 0.29) is 11.2 Å². The number of carbonyl (C=O) groups is 1. The SMILES string of the molecule is CCCn1c(SC(C)C(=O)NCC(C)C)nc2cc(Cl)ccc21. The van der Waals surface area contributed by atoms with E-state index in [1.165, 1.54) is 11.8 Å². The van der Waals surface area contributed by atoms with E-state index in [2.05, 4.69) is 35.6 Å². The zero-order valence-corrected chi connectivity index (χ0v) is 15.7. The van der Waals surface area contributed by atoms with Gasteiger partial charge in [-0.3, -0.25) is 4.79 Å². The summed E-state index contributed by atoms with van der Waals surface area (Å²) in [5.41, 5.74) is 1.94. The lowest BCUT2D eigenvalue weighted by atomic mass is 10.2. The highest BCUT2D eigenvalue weighted by atomic mass is 35.5. The summed E-state index contributed by atoms with van der Waals surface area (Å²) in [6.07, 6.45) is 1.01. The maximum Gasteiger partial charge on any atom is 0.233 e. The molecule has 0 aliphatic carbocycles. The van der Waals surface area contributed by atoms with E-state index in [9.17, 15) is 4.79 Å². The summed E-state index contributed by atoms with van der Waals surface area (Å²) in [5.74, 6) is 0.500. The van der Waals surface area contributed by atoms with Gasteiger partial charge in [-0.15, -0.1) is 0 Å². The van der Waals surface area contributed by atoms with Crippen LogP contribution in [0.1, 0.15) is 34.1 Å². The Labute approximate surface area is 147 Å². The Hall–Kier alpha value is -1.20. The summed E-state index contributed by atoms with van der Waals surface area (Å²) >= 11 is 7.56. The van der Waals surface area contributed by atoms with E-state index in [1.807, 2.05) is 25.1 Å². The molecule has 1 aromatic carbocycles. The molecule has 2 aromatic rings. The molecule has 0 aliphatic rings. The molecule has 1 unspecified atom stereocenters. The summed E-state index contributed by atoms with van der Waals surface area (Å²) in [4.78, 5) is 16.9. The number of halogens is 1. The Bertz CT molecular complexity index is 684. The van der Waals surface area contributed by atoms with Crippen LogP contribution < -0.4 is 5.32 Å². The van der Waals surface area contributed by atoms with Crippen LogP contribution in [0, 0.1) is 5.92 Å². The number of aromatic nitrogens is 2. The highest BCUT2D eigenvalue weighted by Crippen LogP contribution is 2.29. The first-order chi connectivity index (χ1) is 10.9. The maximum atomic E-state index is 12.2. The number of hydrogen-bond donors (Lipinski definition) is 1. The van der Waals surface area contributed by atoms with Gasteiger partial charge in [-0.1, -0.05) is 44.1 Å². The second-order valence-corrected chi connectivity index (χ2v) is 7.82. The van der Waals surface area contributed by atoms with Crippen molar-refractivity contribution in [3.8, 4) is 0 Å². The van der Waals surface area contributed by atoms with Crippen LogP contribution in [0.2, 0.25) is 5.02 Å². The highest BCUT2D eigenvalue weighted by Gasteiger charge is 2.19. The van der Waals surface area contributed by atoms with Gasteiger partial charge in [0.25, 0.3) is 0 Å². The predicted molar refractivity (Wildman–Crippen MR) is 98.2 cm³/mol. The predicted octanol–water partition coefficient (Wildman–Crippen LogP) is 4.35. The molecule has 6 heteroatoms. The standard InChI is InChI=1S/C17H24ClN3OS/c1-5-8-21-15-7-6-13(18)9-14(15)20-17(21)23-12(4)16(22)19-10-11(2)3/h6-7,9,11-12H,5,8,10H2,1-4H3,(H,19,22). The Kier molecular flexibility index (Phi) is 6.36. The van der Waals surface area contributed by atoms with Gasteiger partial charge >= 0.3 is 0 Å². The number of imidazole rings is 1. The normalized spacial score (nSPS) is 12.8. The average Bonchev–Trinajstić information content (AvgIpc) is 2.81. The molecule has 4 nitrogen and oxygen atoms in total. The third-order valence-electron chi connectivity index (χ3n) is 3.46. The maximum absolute atomic E-state index is 12.2. The number of rotatable bonds is 7. The number of aryl methyl sites for hydroxylation is 1. The fraction of sp³-hybridized carbons (Fsp3) is 0.529. The van der Waals surface area contributed by atoms with E-state index in [1.54, 1.807) is 0 Å². The minimum Gasteiger partial charge on any atom is -0.355 e. The van der Waals surface area contributed by atoms with E-state index in [4.69, 9.17) is 11.6 Å². The van der Waals surface area contributed by atoms with Gasteiger partial charge in [-0.2, -0.15) is 0 Å². The molecule has 126 valence electrons. The summed E-state index contributed by atoms with van der Waals surface area (Å²) < 4.78 is 2.17. The number of nitrogens with one attached hydrogen (secondary N) is 1. The smallest absolute Gasteiger partial charge is 0.233 e. The van der Waals surface area contributed by atoms with E-state index < -0.39 is 0 Å². The zero-order valence-electron chi connectivity index (χ0n) is 14.1. The molecule has 0 aliphatic heterocycles. The van der Waals surface area contributed by atoms with Crippen LogP contribution in [-0.2, 0) is 11.3 Å². The number of benzene rings is 1. The lowest BCUT2D eigenvalue weighted by molar-refractivity contribution is -0.120. The molecule has 1 N–H and O–H groups in total. The van der Waals surface area contributed by atoms with Gasteiger partial charge in [-0.25, -0.2) is 4.98 Å². The van der Waals surface area contributed by atoms with E-state index in [0.717, 1.165) is 29.2 Å². The van der Waals surface area contributed by atoms with Gasteiger partial charge in [-0.05, 0) is 37.5 Å². The molecule has 1 amide bonds. The van der Waals surface area contributed by atoms with Crippen molar-refractivity contribution in [1.82, 2.24) is 14.9 Å². The third-order valence-corrected chi connectivity index (χ3v) is 4.78. The first kappa shape index (κ1) is 18.1. The Morgan fingerprint density at radius 2 is 2.13 bits per heavy atom. The van der Waals surface area contributed by atoms with Crippen LogP contribution in [0.3, 0.4) is 0 Å². The average molecular weight is 354 g/mol. The summed E-state index contributed by atoms with van der Waals surface area (Å²) in [5, 5.41) is 4.35. The van der Waals surface area contributed by atoms with Gasteiger partial charge in [0.05, 0.1) is 16.3 Å². The van der Waals surface area contributed by atoms with E-state index in [0.29, 0.717) is 17.5 Å². The second-order valence-electron chi connectivity index (χ2n) is 6.08. The molecule has 1 atom stereocenters. The van der Waals surface area contributed by atoms with Crippen LogP contribution in [0.15, 0.2) is 23.4 Å². The molecule has 23 heavy (non-hydrogen) atoms. The molecular weight excluding hydrogens is 330 g/mol. The molecular formula is C17H24ClN3OS. The van der Waals surface area contributed by atoms with Crippen LogP contribution in [0.5, 0.6) is 0 Å². The largest absolute Gasteiger partial charge is 0.355 e. The van der Waals surface area contributed by atoms with Crippen molar-refractivity contribution in [2.75, 3.05) is 6.54 Å². The molecule has 0 radical (unpaired) electrons. The Morgan fingerprint density at radius 1 is 1.39 bits per heavy atom. The van der Waals surface area contributed by atoms with Gasteiger partial charge in [0.15, 0.2) is 5.16 Å². The van der Waals surface area contributed by atoms with Crippen molar-refractivity contribution in [1.29, 1.82) is 0 Å². The topological polar surface area (TPSA) is 46.9 Å². The number of carbonyl (C=O) groups excluding carboxylic acids is 1. The van der Waals surface area contributed by atoms with Gasteiger partial charge < -0.3 is 9.88 Å². The van der Waals surface area contributed by atoms with Gasteiger partial charge in [0.1, 0.15) is 0 Å². The number of thioether (sulfide) groups is 1. The number of fused-ring (bicyclic) bond motifs is 1. The molecule has 0 saturated carbocycles. The monoisotopic (exact) mass is 353 g/mol. The zero-order chi connectivity index (χ0) is 17.0. The second kappa shape index (κ2) is 8.06. The van der Waals surface area contributed by atoms with Crippen molar-refractivity contribution >= 4 is 40.3 Å². The van der Waals surface area contributed by atoms with Crippen molar-refractivity contribution in [2.24, 2.45) is 5.92 Å². The molecule has 0 fully saturated rings. The summed E-state index contributed by atoms with van der Waals surface area (Å²) in [7, 11) is 0. The quantitative estimate of drug-likeness (QED) is 0.752. The molecule has 1 aromatic heterocycles. The summed E-state index contributed by atoms with van der Waals surface area (Å²) in [6.45, 7) is 9.80. The lowest BCUT2D eigenvalue weighted by Crippen LogP contribution is -2.33. The van der Waals surface area contributed by atoms with Crippen molar-refractivity contribution in [3.63, 3.8) is 0 Å². The van der Waals surface area contributed by atoms with Crippen LogP contribution in [0.4, 0.5) is 0 Å². The van der Waals surface area contributed by atoms with Gasteiger partial charge in [0, 0.05) is 18.1 Å². The highest BCUT2D eigenvalue weighted by molar-refractivity contribution is 8.00. The molecule has 0 saturated heterocycles. The Balaban J connectivity index is 2.21. The fourth-order valence-corrected chi connectivity index (χ4v) is 3.41. The number of amides is 1. The Morgan fingerprint density at radius 3 is 2.78 bits per heavy atom. The van der Waals surface area contributed by atoms with E-state index >= 15 is 0 Å². The first-order valence-electron chi connectivity index (χ1n) is 8.02. The van der Waals surface area contributed by atoms with Crippen molar-refractivity contribution in [2.45, 2.75) is 51.1 Å². The number of hydrogen-bond acceptors (Lipinski definition) is 3. The van der Waals surface area contributed by atoms with Crippen molar-refractivity contribution < 1.29 is 4.79 Å². The van der Waals surface area contributed by atoms with Crippen LogP contribution >= 0.6 is 23.4 Å². The molecule has 1 heterocycles. The summed E-state index contributed by atoms with van der Waals surface area (Å²) in [6, 6.07) is 5.75. The third kappa shape index (κ3) is 4.64. The molecule has 0 bridgehead atoms. The minimum atomic E-state index is -0.184. The molecule has 0 spiro atoms. The van der Waals surface area contributed by atoms with Crippen molar-refractivity contribution in [3.05, 3.63) is 23.2 Å². The first-order valence-corrected chi connectivity index (χ1v) is 9.28. The molecule has 2 rings (SSSR count). The van der Waals surface area contributed by atoms with Gasteiger partial charge in [0.2, 0.25) is 5.91 Å². The number of nitrogens with zero attached hydrogens (tertiary/aromatic N) is 2. The van der Waals surface area contributed by atoms with Crippen LogP contribution in [0.25, 0.3) is 11.0 Å². The fourth-order valence-electron chi connectivity index (χ4n) is 2.27.